The van der Waals surface area contributed by atoms with Gasteiger partial charge in [0.25, 0.3) is 0 Å². The number of methoxy groups -OCH3 is 1. The maximum absolute atomic E-state index is 10.1. The number of phenols is 1. The van der Waals surface area contributed by atoms with Crippen LogP contribution >= 0.6 is 11.8 Å². The number of hydrogen-bond acceptors (Lipinski definition) is 6. The van der Waals surface area contributed by atoms with Crippen LogP contribution in [0.15, 0.2) is 66.3 Å². The second-order valence-electron chi connectivity index (χ2n) is 5.11. The monoisotopic (exact) mass is 351 g/mol. The molecule has 6 heteroatoms. The van der Waals surface area contributed by atoms with E-state index >= 15 is 0 Å². The Kier molecular flexibility index (Phi) is 5.30. The van der Waals surface area contributed by atoms with E-state index in [1.54, 1.807) is 31.4 Å². The number of benzene rings is 2. The van der Waals surface area contributed by atoms with E-state index < -0.39 is 0 Å². The summed E-state index contributed by atoms with van der Waals surface area (Å²) >= 11 is 1.46. The van der Waals surface area contributed by atoms with E-state index in [-0.39, 0.29) is 5.75 Å². The molecule has 0 saturated heterocycles. The second-order valence-corrected chi connectivity index (χ2v) is 6.10. The molecule has 0 aliphatic rings. The van der Waals surface area contributed by atoms with Crippen LogP contribution < -0.4 is 4.74 Å². The highest BCUT2D eigenvalue weighted by molar-refractivity contribution is 7.99. The molecule has 1 aromatic heterocycles. The van der Waals surface area contributed by atoms with Crippen molar-refractivity contribution < 1.29 is 9.84 Å². The van der Waals surface area contributed by atoms with Crippen molar-refractivity contribution in [3.8, 4) is 34.3 Å². The topological polar surface area (TPSA) is 68.1 Å². The van der Waals surface area contributed by atoms with Crippen LogP contribution in [0.25, 0.3) is 22.8 Å². The number of para-hydroxylation sites is 1. The highest BCUT2D eigenvalue weighted by Gasteiger charge is 2.13. The largest absolute Gasteiger partial charge is 0.507 e. The van der Waals surface area contributed by atoms with Crippen LogP contribution in [0.5, 0.6) is 11.5 Å². The Balaban J connectivity index is 2.09. The van der Waals surface area contributed by atoms with Crippen LogP contribution in [0.2, 0.25) is 0 Å². The number of ether oxygens (including phenoxy) is 1. The average molecular weight is 351 g/mol. The lowest BCUT2D eigenvalue weighted by atomic mass is 10.1. The Morgan fingerprint density at radius 3 is 2.44 bits per heavy atom. The Morgan fingerprint density at radius 1 is 1.04 bits per heavy atom. The third-order valence-electron chi connectivity index (χ3n) is 3.44. The first-order valence-electron chi connectivity index (χ1n) is 7.64. The summed E-state index contributed by atoms with van der Waals surface area (Å²) in [5, 5.41) is 10.7. The summed E-state index contributed by atoms with van der Waals surface area (Å²) in [6.45, 7) is 3.72. The highest BCUT2D eigenvalue weighted by Crippen LogP contribution is 2.29. The van der Waals surface area contributed by atoms with Crippen molar-refractivity contribution in [2.45, 2.75) is 5.16 Å². The number of phenolic OH excluding ortho intramolecular Hbond substituents is 1. The lowest BCUT2D eigenvalue weighted by Crippen LogP contribution is -1.99. The number of aromatic hydroxyl groups is 1. The minimum atomic E-state index is 0.133. The predicted molar refractivity (Wildman–Crippen MR) is 99.8 cm³/mol. The number of hydrogen-bond donors (Lipinski definition) is 1. The van der Waals surface area contributed by atoms with Crippen LogP contribution in [-0.4, -0.2) is 32.9 Å². The molecule has 0 unspecified atom stereocenters. The van der Waals surface area contributed by atoms with Gasteiger partial charge in [0, 0.05) is 11.3 Å². The van der Waals surface area contributed by atoms with Gasteiger partial charge in [-0.3, -0.25) is 0 Å². The summed E-state index contributed by atoms with van der Waals surface area (Å²) in [6.07, 6.45) is 1.79. The van der Waals surface area contributed by atoms with Gasteiger partial charge in [0.15, 0.2) is 16.8 Å². The summed E-state index contributed by atoms with van der Waals surface area (Å²) in [6, 6.07) is 14.5. The molecule has 0 aliphatic carbocycles. The molecular weight excluding hydrogens is 334 g/mol. The summed E-state index contributed by atoms with van der Waals surface area (Å²) in [4.78, 5) is 13.5. The molecule has 1 heterocycles. The first kappa shape index (κ1) is 17.0. The molecule has 1 N–H and O–H groups in total. The van der Waals surface area contributed by atoms with E-state index in [0.29, 0.717) is 28.1 Å². The van der Waals surface area contributed by atoms with Gasteiger partial charge in [-0.05, 0) is 36.4 Å². The fourth-order valence-electron chi connectivity index (χ4n) is 2.21. The van der Waals surface area contributed by atoms with Crippen molar-refractivity contribution in [2.24, 2.45) is 0 Å². The zero-order valence-electron chi connectivity index (χ0n) is 13.7. The molecule has 0 spiro atoms. The smallest absolute Gasteiger partial charge is 0.191 e. The molecular formula is C19H17N3O2S. The van der Waals surface area contributed by atoms with Gasteiger partial charge >= 0.3 is 0 Å². The molecule has 3 rings (SSSR count). The maximum Gasteiger partial charge on any atom is 0.191 e. The zero-order valence-corrected chi connectivity index (χ0v) is 14.5. The molecule has 126 valence electrons. The first-order valence-corrected chi connectivity index (χ1v) is 8.62. The third-order valence-corrected chi connectivity index (χ3v) is 4.28. The van der Waals surface area contributed by atoms with Crippen molar-refractivity contribution in [3.63, 3.8) is 0 Å². The molecule has 0 aliphatic heterocycles. The van der Waals surface area contributed by atoms with Gasteiger partial charge in [-0.2, -0.15) is 0 Å². The zero-order chi connectivity index (χ0) is 17.6. The van der Waals surface area contributed by atoms with Gasteiger partial charge in [-0.1, -0.05) is 30.0 Å². The quantitative estimate of drug-likeness (QED) is 0.530. The van der Waals surface area contributed by atoms with Gasteiger partial charge in [0.05, 0.1) is 12.7 Å². The van der Waals surface area contributed by atoms with Crippen molar-refractivity contribution in [1.82, 2.24) is 15.0 Å². The molecule has 3 aromatic rings. The minimum Gasteiger partial charge on any atom is -0.507 e. The minimum absolute atomic E-state index is 0.133. The average Bonchev–Trinajstić information content (AvgIpc) is 2.66. The summed E-state index contributed by atoms with van der Waals surface area (Å²) in [5.74, 6) is 2.56. The molecule has 0 fully saturated rings. The Labute approximate surface area is 150 Å². The van der Waals surface area contributed by atoms with Crippen LogP contribution in [0.3, 0.4) is 0 Å². The molecule has 0 amide bonds. The maximum atomic E-state index is 10.1. The molecule has 25 heavy (non-hydrogen) atoms. The van der Waals surface area contributed by atoms with Gasteiger partial charge in [-0.25, -0.2) is 15.0 Å². The third kappa shape index (κ3) is 3.97. The summed E-state index contributed by atoms with van der Waals surface area (Å²) in [5.41, 5.74) is 1.42. The van der Waals surface area contributed by atoms with Gasteiger partial charge < -0.3 is 9.84 Å². The van der Waals surface area contributed by atoms with Crippen molar-refractivity contribution in [2.75, 3.05) is 12.9 Å². The van der Waals surface area contributed by atoms with E-state index in [1.165, 1.54) is 11.8 Å². The van der Waals surface area contributed by atoms with Crippen molar-refractivity contribution >= 4 is 11.8 Å². The second kappa shape index (κ2) is 7.81. The van der Waals surface area contributed by atoms with Crippen molar-refractivity contribution in [1.29, 1.82) is 0 Å². The molecule has 0 bridgehead atoms. The van der Waals surface area contributed by atoms with Gasteiger partial charge in [0.1, 0.15) is 11.5 Å². The van der Waals surface area contributed by atoms with E-state index in [0.717, 1.165) is 11.3 Å². The van der Waals surface area contributed by atoms with E-state index in [1.807, 2.05) is 30.3 Å². The van der Waals surface area contributed by atoms with E-state index in [9.17, 15) is 5.11 Å². The number of thioether (sulfide) groups is 1. The Morgan fingerprint density at radius 2 is 1.76 bits per heavy atom. The Hall–Kier alpha value is -2.86. The van der Waals surface area contributed by atoms with Gasteiger partial charge in [0.2, 0.25) is 0 Å². The summed E-state index contributed by atoms with van der Waals surface area (Å²) in [7, 11) is 1.62. The number of nitrogens with zero attached hydrogens (tertiary/aromatic N) is 3. The van der Waals surface area contributed by atoms with Crippen LogP contribution in [0.4, 0.5) is 0 Å². The number of aromatic nitrogens is 3. The molecule has 0 saturated carbocycles. The van der Waals surface area contributed by atoms with E-state index in [2.05, 4.69) is 21.5 Å². The molecule has 2 aromatic carbocycles. The van der Waals surface area contributed by atoms with Gasteiger partial charge in [-0.15, -0.1) is 6.58 Å². The fourth-order valence-corrected chi connectivity index (χ4v) is 2.78. The SMILES string of the molecule is C=CCSc1nc(-c2ccc(OC)cc2)nc(-c2ccccc2O)n1. The fraction of sp³-hybridized carbons (Fsp3) is 0.105. The van der Waals surface area contributed by atoms with Crippen LogP contribution in [0.1, 0.15) is 0 Å². The van der Waals surface area contributed by atoms with Crippen LogP contribution in [0, 0.1) is 0 Å². The lowest BCUT2D eigenvalue weighted by molar-refractivity contribution is 0.415. The number of rotatable bonds is 6. The Bertz CT molecular complexity index is 882. The lowest BCUT2D eigenvalue weighted by Gasteiger charge is -2.08. The van der Waals surface area contributed by atoms with Crippen molar-refractivity contribution in [3.05, 3.63) is 61.2 Å². The molecule has 5 nitrogen and oxygen atoms in total. The summed E-state index contributed by atoms with van der Waals surface area (Å²) < 4.78 is 5.19. The van der Waals surface area contributed by atoms with Crippen LogP contribution in [-0.2, 0) is 0 Å². The standard InChI is InChI=1S/C19H17N3O2S/c1-3-12-25-19-21-17(13-8-10-14(24-2)11-9-13)20-18(22-19)15-6-4-5-7-16(15)23/h3-11,23H,1,12H2,2H3. The molecule has 0 radical (unpaired) electrons. The predicted octanol–water partition coefficient (Wildman–Crippen LogP) is 4.20. The van der Waals surface area contributed by atoms with E-state index in [4.69, 9.17) is 4.74 Å². The normalized spacial score (nSPS) is 10.4. The highest BCUT2D eigenvalue weighted by atomic mass is 32.2. The first-order chi connectivity index (χ1) is 12.2. The molecule has 0 atom stereocenters.